The number of H-pyrrole nitrogens is 1. The molecular formula is C19H20N2O4. The van der Waals surface area contributed by atoms with Gasteiger partial charge in [0.05, 0.1) is 6.54 Å². The summed E-state index contributed by atoms with van der Waals surface area (Å²) in [6.45, 7) is 5.53. The summed E-state index contributed by atoms with van der Waals surface area (Å²) < 4.78 is 1.13. The van der Waals surface area contributed by atoms with Crippen molar-refractivity contribution in [1.29, 1.82) is 0 Å². The van der Waals surface area contributed by atoms with Crippen molar-refractivity contribution in [2.24, 2.45) is 5.41 Å². The monoisotopic (exact) mass is 340 g/mol. The zero-order chi connectivity index (χ0) is 18.1. The SMILES string of the molecule is CC1=C(Cn2c(=O)cc[nH]c2=O)C2=C(C)C3(CC3)[C@@](C)(O)C(=O)C2=C1. The number of carbonyl (C=O) groups excluding carboxylic acids is 1. The number of allylic oxidation sites excluding steroid dienone is 4. The van der Waals surface area contributed by atoms with Gasteiger partial charge in [-0.15, -0.1) is 0 Å². The molecule has 6 heteroatoms. The van der Waals surface area contributed by atoms with E-state index in [1.165, 1.54) is 12.3 Å². The summed E-state index contributed by atoms with van der Waals surface area (Å²) in [4.78, 5) is 39.5. The molecule has 1 spiro atoms. The quantitative estimate of drug-likeness (QED) is 0.847. The Labute approximate surface area is 144 Å². The Morgan fingerprint density at radius 2 is 1.92 bits per heavy atom. The Hall–Kier alpha value is -2.47. The lowest BCUT2D eigenvalue weighted by Crippen LogP contribution is -2.49. The number of aliphatic hydroxyl groups is 1. The zero-order valence-corrected chi connectivity index (χ0v) is 14.5. The second-order valence-electron chi connectivity index (χ2n) is 7.41. The summed E-state index contributed by atoms with van der Waals surface area (Å²) in [6, 6.07) is 1.31. The van der Waals surface area contributed by atoms with E-state index in [0.717, 1.165) is 39.7 Å². The molecule has 1 atom stereocenters. The first kappa shape index (κ1) is 16.0. The van der Waals surface area contributed by atoms with Gasteiger partial charge in [0.2, 0.25) is 0 Å². The van der Waals surface area contributed by atoms with Crippen LogP contribution in [0.5, 0.6) is 0 Å². The van der Waals surface area contributed by atoms with Crippen LogP contribution in [-0.4, -0.2) is 26.0 Å². The van der Waals surface area contributed by atoms with Crippen LogP contribution in [0.1, 0.15) is 33.6 Å². The van der Waals surface area contributed by atoms with Gasteiger partial charge in [-0.2, -0.15) is 0 Å². The van der Waals surface area contributed by atoms with Crippen molar-refractivity contribution in [3.63, 3.8) is 0 Å². The number of hydrogen-bond donors (Lipinski definition) is 2. The highest BCUT2D eigenvalue weighted by atomic mass is 16.3. The van der Waals surface area contributed by atoms with E-state index in [2.05, 4.69) is 4.98 Å². The highest BCUT2D eigenvalue weighted by Gasteiger charge is 2.65. The highest BCUT2D eigenvalue weighted by molar-refractivity contribution is 6.10. The summed E-state index contributed by atoms with van der Waals surface area (Å²) in [7, 11) is 0. The molecule has 1 aromatic heterocycles. The van der Waals surface area contributed by atoms with E-state index in [4.69, 9.17) is 0 Å². The minimum atomic E-state index is -1.40. The Morgan fingerprint density at radius 3 is 2.52 bits per heavy atom. The molecule has 0 saturated heterocycles. The second-order valence-corrected chi connectivity index (χ2v) is 7.41. The number of rotatable bonds is 2. The lowest BCUT2D eigenvalue weighted by atomic mass is 9.67. The van der Waals surface area contributed by atoms with Crippen molar-refractivity contribution in [2.45, 2.75) is 45.8 Å². The normalized spacial score (nSPS) is 27.0. The minimum absolute atomic E-state index is 0.110. The first-order valence-electron chi connectivity index (χ1n) is 8.40. The van der Waals surface area contributed by atoms with Gasteiger partial charge < -0.3 is 10.1 Å². The van der Waals surface area contributed by atoms with Gasteiger partial charge in [-0.05, 0) is 56.4 Å². The van der Waals surface area contributed by atoms with Gasteiger partial charge in [0.25, 0.3) is 5.56 Å². The molecule has 0 aromatic carbocycles. The summed E-state index contributed by atoms with van der Waals surface area (Å²) in [6.07, 6.45) is 4.63. The summed E-state index contributed by atoms with van der Waals surface area (Å²) >= 11 is 0. The second kappa shape index (κ2) is 4.79. The highest BCUT2D eigenvalue weighted by Crippen LogP contribution is 2.64. The molecule has 0 unspecified atom stereocenters. The van der Waals surface area contributed by atoms with Gasteiger partial charge in [-0.3, -0.25) is 14.2 Å². The van der Waals surface area contributed by atoms with E-state index in [-0.39, 0.29) is 17.9 Å². The summed E-state index contributed by atoms with van der Waals surface area (Å²) in [5.74, 6) is -0.269. The van der Waals surface area contributed by atoms with Crippen LogP contribution < -0.4 is 11.2 Å². The van der Waals surface area contributed by atoms with E-state index >= 15 is 0 Å². The number of fused-ring (bicyclic) bond motifs is 1. The van der Waals surface area contributed by atoms with E-state index in [9.17, 15) is 19.5 Å². The fourth-order valence-corrected chi connectivity index (χ4v) is 4.38. The average molecular weight is 340 g/mol. The van der Waals surface area contributed by atoms with Gasteiger partial charge in [0.1, 0.15) is 5.60 Å². The number of hydrogen-bond acceptors (Lipinski definition) is 4. The van der Waals surface area contributed by atoms with E-state index < -0.39 is 16.7 Å². The van der Waals surface area contributed by atoms with Crippen molar-refractivity contribution in [3.05, 3.63) is 67.0 Å². The van der Waals surface area contributed by atoms with Crippen molar-refractivity contribution in [3.8, 4) is 0 Å². The fraction of sp³-hybridized carbons (Fsp3) is 0.421. The first-order chi connectivity index (χ1) is 11.7. The van der Waals surface area contributed by atoms with Crippen molar-refractivity contribution < 1.29 is 9.90 Å². The predicted octanol–water partition coefficient (Wildman–Crippen LogP) is 1.22. The Bertz CT molecular complexity index is 998. The molecule has 130 valence electrons. The number of carbonyl (C=O) groups is 1. The maximum atomic E-state index is 12.9. The molecular weight excluding hydrogens is 320 g/mol. The van der Waals surface area contributed by atoms with Crippen LogP contribution in [0, 0.1) is 5.41 Å². The number of aromatic nitrogens is 2. The van der Waals surface area contributed by atoms with Gasteiger partial charge in [0, 0.05) is 23.3 Å². The maximum Gasteiger partial charge on any atom is 0.328 e. The zero-order valence-electron chi connectivity index (χ0n) is 14.5. The smallest absolute Gasteiger partial charge is 0.328 e. The number of Topliss-reactive ketones (excluding diaryl/α,β-unsaturated/α-hetero) is 1. The lowest BCUT2D eigenvalue weighted by Gasteiger charge is -2.39. The van der Waals surface area contributed by atoms with Crippen LogP contribution in [0.15, 0.2) is 55.8 Å². The summed E-state index contributed by atoms with van der Waals surface area (Å²) in [5, 5.41) is 10.8. The van der Waals surface area contributed by atoms with Crippen LogP contribution in [0.2, 0.25) is 0 Å². The van der Waals surface area contributed by atoms with E-state index in [1.54, 1.807) is 13.0 Å². The number of nitrogens with zero attached hydrogens (tertiary/aromatic N) is 1. The molecule has 0 aliphatic heterocycles. The van der Waals surface area contributed by atoms with Crippen LogP contribution in [0.4, 0.5) is 0 Å². The third-order valence-electron chi connectivity index (χ3n) is 6.13. The van der Waals surface area contributed by atoms with Gasteiger partial charge in [0.15, 0.2) is 5.78 Å². The molecule has 1 fully saturated rings. The first-order valence-corrected chi connectivity index (χ1v) is 8.40. The molecule has 25 heavy (non-hydrogen) atoms. The predicted molar refractivity (Wildman–Crippen MR) is 92.1 cm³/mol. The van der Waals surface area contributed by atoms with Crippen molar-refractivity contribution >= 4 is 5.78 Å². The fourth-order valence-electron chi connectivity index (χ4n) is 4.38. The standard InChI is InChI=1S/C19H20N2O4/c1-10-8-12-15(11(2)19(5-6-19)18(3,25)16(12)23)13(10)9-21-14(22)4-7-20-17(21)24/h4,7-8,25H,5-6,9H2,1-3H3,(H,20,24)/t18-/m0/s1. The Morgan fingerprint density at radius 1 is 1.24 bits per heavy atom. The molecule has 1 saturated carbocycles. The molecule has 1 aromatic rings. The average Bonchev–Trinajstić information content (AvgIpc) is 3.30. The molecule has 0 bridgehead atoms. The largest absolute Gasteiger partial charge is 0.381 e. The molecule has 0 amide bonds. The molecule has 3 aliphatic carbocycles. The topological polar surface area (TPSA) is 92.2 Å². The van der Waals surface area contributed by atoms with Gasteiger partial charge in [-0.1, -0.05) is 5.57 Å². The molecule has 2 N–H and O–H groups in total. The lowest BCUT2D eigenvalue weighted by molar-refractivity contribution is -0.137. The number of aromatic amines is 1. The Kier molecular flexibility index (Phi) is 3.07. The maximum absolute atomic E-state index is 12.9. The molecule has 0 radical (unpaired) electrons. The Balaban J connectivity index is 1.88. The third kappa shape index (κ3) is 1.91. The number of nitrogens with one attached hydrogen (secondary N) is 1. The van der Waals surface area contributed by atoms with E-state index in [1.807, 2.05) is 13.8 Å². The van der Waals surface area contributed by atoms with Gasteiger partial charge >= 0.3 is 5.69 Å². The van der Waals surface area contributed by atoms with Crippen LogP contribution >= 0.6 is 0 Å². The van der Waals surface area contributed by atoms with Crippen molar-refractivity contribution in [2.75, 3.05) is 0 Å². The third-order valence-corrected chi connectivity index (χ3v) is 6.13. The van der Waals surface area contributed by atoms with Crippen LogP contribution in [0.25, 0.3) is 0 Å². The van der Waals surface area contributed by atoms with Crippen LogP contribution in [0.3, 0.4) is 0 Å². The molecule has 6 nitrogen and oxygen atoms in total. The van der Waals surface area contributed by atoms with Crippen LogP contribution in [-0.2, 0) is 11.3 Å². The van der Waals surface area contributed by atoms with Crippen molar-refractivity contribution in [1.82, 2.24) is 9.55 Å². The van der Waals surface area contributed by atoms with E-state index in [0.29, 0.717) is 5.57 Å². The minimum Gasteiger partial charge on any atom is -0.381 e. The van der Waals surface area contributed by atoms with Gasteiger partial charge in [-0.25, -0.2) is 4.79 Å². The number of ketones is 1. The molecule has 3 aliphatic rings. The molecule has 1 heterocycles. The summed E-state index contributed by atoms with van der Waals surface area (Å²) in [5.41, 5.74) is 1.16. The molecule has 4 rings (SSSR count).